The van der Waals surface area contributed by atoms with Gasteiger partial charge in [0.2, 0.25) is 11.8 Å². The van der Waals surface area contributed by atoms with Crippen molar-refractivity contribution in [2.24, 2.45) is 0 Å². The van der Waals surface area contributed by atoms with Gasteiger partial charge in [-0.2, -0.15) is 0 Å². The molecule has 0 spiro atoms. The lowest BCUT2D eigenvalue weighted by Crippen LogP contribution is -2.58. The number of ether oxygens (including phenoxy) is 1. The molecule has 1 aliphatic rings. The number of hydrogen-bond acceptors (Lipinski definition) is 4. The number of piperazine rings is 1. The molecule has 6 nitrogen and oxygen atoms in total. The highest BCUT2D eigenvalue weighted by Gasteiger charge is 2.34. The first-order chi connectivity index (χ1) is 12.0. The second-order valence-corrected chi connectivity index (χ2v) is 6.24. The van der Waals surface area contributed by atoms with Gasteiger partial charge in [-0.3, -0.25) is 14.4 Å². The monoisotopic (exact) mass is 352 g/mol. The first-order valence-corrected chi connectivity index (χ1v) is 9.41. The Kier molecular flexibility index (Phi) is 9.24. The molecule has 0 aromatic heterocycles. The highest BCUT2D eigenvalue weighted by molar-refractivity contribution is 5.89. The lowest BCUT2D eigenvalue weighted by molar-refractivity contribution is -0.151. The molecule has 25 heavy (non-hydrogen) atoms. The summed E-state index contributed by atoms with van der Waals surface area (Å²) in [6.45, 7) is 9.68. The van der Waals surface area contributed by atoms with Gasteiger partial charge in [0.05, 0.1) is 6.42 Å². The van der Waals surface area contributed by atoms with Crippen LogP contribution in [-0.2, 0) is 19.1 Å². The average molecular weight is 352 g/mol. The second kappa shape index (κ2) is 10.9. The summed E-state index contributed by atoms with van der Waals surface area (Å²) in [6, 6.07) is -0.366. The third-order valence-corrected chi connectivity index (χ3v) is 4.62. The lowest BCUT2D eigenvalue weighted by atomic mass is 10.1. The molecular formula is C19H32N2O4. The maximum absolute atomic E-state index is 12.4. The number of carbonyl (C=O) groups excluding carboxylic acids is 3. The van der Waals surface area contributed by atoms with E-state index < -0.39 is 0 Å². The van der Waals surface area contributed by atoms with Crippen LogP contribution in [0.4, 0.5) is 0 Å². The van der Waals surface area contributed by atoms with Crippen molar-refractivity contribution in [1.82, 2.24) is 9.80 Å². The molecule has 0 bridgehead atoms. The van der Waals surface area contributed by atoms with Crippen molar-refractivity contribution >= 4 is 17.8 Å². The molecule has 142 valence electrons. The Bertz CT molecular complexity index is 486. The van der Waals surface area contributed by atoms with E-state index in [1.807, 2.05) is 27.7 Å². The molecule has 1 rings (SSSR count). The van der Waals surface area contributed by atoms with Crippen molar-refractivity contribution in [2.45, 2.75) is 71.9 Å². The van der Waals surface area contributed by atoms with Crippen molar-refractivity contribution < 1.29 is 19.1 Å². The van der Waals surface area contributed by atoms with Gasteiger partial charge < -0.3 is 14.5 Å². The van der Waals surface area contributed by atoms with Gasteiger partial charge in [-0.05, 0) is 26.2 Å². The summed E-state index contributed by atoms with van der Waals surface area (Å²) in [5.74, 6) is -0.307. The Morgan fingerprint density at radius 2 is 1.76 bits per heavy atom. The Labute approximate surface area is 151 Å². The van der Waals surface area contributed by atoms with Crippen LogP contribution in [0.15, 0.2) is 12.2 Å². The molecule has 0 aromatic carbocycles. The molecule has 0 aromatic rings. The molecule has 1 atom stereocenters. The van der Waals surface area contributed by atoms with Gasteiger partial charge in [0.25, 0.3) is 0 Å². The molecule has 1 saturated heterocycles. The maximum atomic E-state index is 12.4. The van der Waals surface area contributed by atoms with Crippen LogP contribution in [0.25, 0.3) is 0 Å². The number of nitrogens with zero attached hydrogens (tertiary/aromatic N) is 2. The Balaban J connectivity index is 2.47. The molecule has 1 unspecified atom stereocenters. The van der Waals surface area contributed by atoms with Crippen LogP contribution in [0, 0.1) is 0 Å². The van der Waals surface area contributed by atoms with Crippen molar-refractivity contribution in [3.63, 3.8) is 0 Å². The van der Waals surface area contributed by atoms with Gasteiger partial charge in [0, 0.05) is 26.1 Å². The fourth-order valence-electron chi connectivity index (χ4n) is 3.02. The number of likely N-dealkylation sites (N-methyl/N-ethyl adjacent to an activating group) is 1. The molecule has 1 aliphatic heterocycles. The van der Waals surface area contributed by atoms with E-state index in [2.05, 4.69) is 0 Å². The molecule has 0 radical (unpaired) electrons. The molecule has 6 heteroatoms. The normalized spacial score (nSPS) is 18.3. The smallest absolute Gasteiger partial charge is 0.309 e. The Morgan fingerprint density at radius 1 is 1.12 bits per heavy atom. The Hall–Kier alpha value is -1.85. The number of hydrogen-bond donors (Lipinski definition) is 0. The van der Waals surface area contributed by atoms with Crippen molar-refractivity contribution in [3.05, 3.63) is 12.2 Å². The summed E-state index contributed by atoms with van der Waals surface area (Å²) >= 11 is 0. The Morgan fingerprint density at radius 3 is 2.32 bits per heavy atom. The van der Waals surface area contributed by atoms with Gasteiger partial charge >= 0.3 is 5.97 Å². The second-order valence-electron chi connectivity index (χ2n) is 6.24. The minimum absolute atomic E-state index is 0.0299. The van der Waals surface area contributed by atoms with Crippen LogP contribution in [0.5, 0.6) is 0 Å². The SMILES string of the molecule is CCC(CC)OC(=O)C/C=C/CC(=O)N1CCN(CC)C(=O)C1CC. The van der Waals surface area contributed by atoms with E-state index in [-0.39, 0.29) is 42.8 Å². The van der Waals surface area contributed by atoms with E-state index in [4.69, 9.17) is 4.74 Å². The zero-order valence-electron chi connectivity index (χ0n) is 16.0. The van der Waals surface area contributed by atoms with Gasteiger partial charge in [0.1, 0.15) is 12.1 Å². The average Bonchev–Trinajstić information content (AvgIpc) is 2.62. The highest BCUT2D eigenvalue weighted by Crippen LogP contribution is 2.16. The minimum atomic E-state index is -0.366. The fraction of sp³-hybridized carbons (Fsp3) is 0.737. The molecule has 0 N–H and O–H groups in total. The predicted molar refractivity (Wildman–Crippen MR) is 96.9 cm³/mol. The van der Waals surface area contributed by atoms with Crippen LogP contribution in [0.2, 0.25) is 0 Å². The number of amides is 2. The minimum Gasteiger partial charge on any atom is -0.462 e. The quantitative estimate of drug-likeness (QED) is 0.472. The first-order valence-electron chi connectivity index (χ1n) is 9.41. The van der Waals surface area contributed by atoms with E-state index in [1.165, 1.54) is 0 Å². The fourth-order valence-corrected chi connectivity index (χ4v) is 3.02. The van der Waals surface area contributed by atoms with Crippen LogP contribution >= 0.6 is 0 Å². The largest absolute Gasteiger partial charge is 0.462 e. The number of rotatable bonds is 9. The van der Waals surface area contributed by atoms with Crippen molar-refractivity contribution in [1.29, 1.82) is 0 Å². The van der Waals surface area contributed by atoms with Crippen molar-refractivity contribution in [2.75, 3.05) is 19.6 Å². The molecule has 2 amide bonds. The van der Waals surface area contributed by atoms with E-state index >= 15 is 0 Å². The predicted octanol–water partition coefficient (Wildman–Crippen LogP) is 2.52. The topological polar surface area (TPSA) is 66.9 Å². The molecule has 1 heterocycles. The summed E-state index contributed by atoms with van der Waals surface area (Å²) in [5.41, 5.74) is 0. The van der Waals surface area contributed by atoms with Crippen LogP contribution in [-0.4, -0.2) is 59.4 Å². The third kappa shape index (κ3) is 6.18. The first kappa shape index (κ1) is 21.2. The summed E-state index contributed by atoms with van der Waals surface area (Å²) in [7, 11) is 0. The zero-order valence-corrected chi connectivity index (χ0v) is 16.0. The van der Waals surface area contributed by atoms with E-state index in [0.717, 1.165) is 12.8 Å². The molecule has 1 fully saturated rings. The maximum Gasteiger partial charge on any atom is 0.309 e. The van der Waals surface area contributed by atoms with Crippen LogP contribution in [0.1, 0.15) is 59.8 Å². The van der Waals surface area contributed by atoms with Gasteiger partial charge in [-0.25, -0.2) is 0 Å². The molecular weight excluding hydrogens is 320 g/mol. The van der Waals surface area contributed by atoms with E-state index in [9.17, 15) is 14.4 Å². The van der Waals surface area contributed by atoms with Gasteiger partial charge in [0.15, 0.2) is 0 Å². The van der Waals surface area contributed by atoms with Crippen molar-refractivity contribution in [3.8, 4) is 0 Å². The van der Waals surface area contributed by atoms with Crippen LogP contribution in [0.3, 0.4) is 0 Å². The van der Waals surface area contributed by atoms with Crippen LogP contribution < -0.4 is 0 Å². The number of esters is 1. The summed E-state index contributed by atoms with van der Waals surface area (Å²) < 4.78 is 5.31. The third-order valence-electron chi connectivity index (χ3n) is 4.62. The standard InChI is InChI=1S/C19H32N2O4/c1-5-15(6-2)25-18(23)12-10-9-11-17(22)21-14-13-20(8-4)19(24)16(21)7-3/h9-10,15-16H,5-8,11-14H2,1-4H3/b10-9+. The van der Waals surface area contributed by atoms with Gasteiger partial charge in [-0.15, -0.1) is 0 Å². The zero-order chi connectivity index (χ0) is 18.8. The summed E-state index contributed by atoms with van der Waals surface area (Å²) in [6.07, 6.45) is 5.94. The summed E-state index contributed by atoms with van der Waals surface area (Å²) in [4.78, 5) is 39.9. The molecule has 0 saturated carbocycles. The highest BCUT2D eigenvalue weighted by atomic mass is 16.5. The molecule has 0 aliphatic carbocycles. The van der Waals surface area contributed by atoms with Gasteiger partial charge in [-0.1, -0.05) is 32.9 Å². The summed E-state index contributed by atoms with van der Waals surface area (Å²) in [5, 5.41) is 0. The van der Waals surface area contributed by atoms with E-state index in [1.54, 1.807) is 22.0 Å². The van der Waals surface area contributed by atoms with E-state index in [0.29, 0.717) is 26.1 Å². The lowest BCUT2D eigenvalue weighted by Gasteiger charge is -2.40. The number of carbonyl (C=O) groups is 3.